The van der Waals surface area contributed by atoms with Crippen LogP contribution >= 0.6 is 0 Å². The van der Waals surface area contributed by atoms with Crippen molar-refractivity contribution in [3.8, 4) is 0 Å². The van der Waals surface area contributed by atoms with E-state index in [1.807, 2.05) is 6.07 Å². The zero-order valence-electron chi connectivity index (χ0n) is 11.7. The lowest BCUT2D eigenvalue weighted by atomic mass is 10.0. The molecular weight excluding hydrogens is 237 g/mol. The van der Waals surface area contributed by atoms with E-state index in [1.165, 1.54) is 22.8 Å². The maximum atomic E-state index is 13.2. The van der Waals surface area contributed by atoms with Crippen molar-refractivity contribution in [3.63, 3.8) is 0 Å². The molecule has 0 fully saturated rings. The fraction of sp³-hybridized carbons (Fsp3) is 0.294. The molecule has 0 unspecified atom stereocenters. The van der Waals surface area contributed by atoms with Crippen molar-refractivity contribution in [2.24, 2.45) is 0 Å². The van der Waals surface area contributed by atoms with Gasteiger partial charge in [-0.25, -0.2) is 4.39 Å². The number of benzene rings is 2. The Morgan fingerprint density at radius 3 is 2.32 bits per heavy atom. The summed E-state index contributed by atoms with van der Waals surface area (Å²) in [5.41, 5.74) is 4.88. The molecule has 19 heavy (non-hydrogen) atoms. The average molecular weight is 257 g/mol. The summed E-state index contributed by atoms with van der Waals surface area (Å²) < 4.78 is 13.2. The van der Waals surface area contributed by atoms with Gasteiger partial charge in [-0.15, -0.1) is 0 Å². The Balaban J connectivity index is 2.06. The third-order valence-corrected chi connectivity index (χ3v) is 3.58. The van der Waals surface area contributed by atoms with Gasteiger partial charge in [0.2, 0.25) is 0 Å². The lowest BCUT2D eigenvalue weighted by molar-refractivity contribution is 0.563. The summed E-state index contributed by atoms with van der Waals surface area (Å²) in [7, 11) is 0. The van der Waals surface area contributed by atoms with E-state index in [0.29, 0.717) is 0 Å². The predicted octanol–water partition coefficient (Wildman–Crippen LogP) is 4.29. The first-order chi connectivity index (χ1) is 9.08. The highest BCUT2D eigenvalue weighted by Crippen LogP contribution is 2.17. The van der Waals surface area contributed by atoms with Gasteiger partial charge in [-0.2, -0.15) is 0 Å². The monoisotopic (exact) mass is 257 g/mol. The Morgan fingerprint density at radius 2 is 1.68 bits per heavy atom. The van der Waals surface area contributed by atoms with Gasteiger partial charge in [0, 0.05) is 12.6 Å². The molecule has 1 nitrogen and oxygen atoms in total. The van der Waals surface area contributed by atoms with Gasteiger partial charge in [-0.05, 0) is 55.2 Å². The van der Waals surface area contributed by atoms with Crippen LogP contribution in [0.4, 0.5) is 4.39 Å². The van der Waals surface area contributed by atoms with Gasteiger partial charge in [-0.1, -0.05) is 30.3 Å². The van der Waals surface area contributed by atoms with Gasteiger partial charge in [0.05, 0.1) is 0 Å². The van der Waals surface area contributed by atoms with Gasteiger partial charge in [-0.3, -0.25) is 0 Å². The molecule has 0 heterocycles. The van der Waals surface area contributed by atoms with Gasteiger partial charge in [0.1, 0.15) is 5.82 Å². The van der Waals surface area contributed by atoms with Crippen LogP contribution in [0.15, 0.2) is 42.5 Å². The molecule has 1 atom stereocenters. The molecule has 0 saturated carbocycles. The second-order valence-corrected chi connectivity index (χ2v) is 5.03. The number of rotatable bonds is 4. The molecule has 1 N–H and O–H groups in total. The summed E-state index contributed by atoms with van der Waals surface area (Å²) in [6.07, 6.45) is 0. The number of aryl methyl sites for hydroxylation is 2. The molecule has 0 aliphatic rings. The minimum Gasteiger partial charge on any atom is -0.306 e. The van der Waals surface area contributed by atoms with Crippen molar-refractivity contribution in [1.82, 2.24) is 5.32 Å². The molecule has 0 aliphatic heterocycles. The van der Waals surface area contributed by atoms with E-state index in [9.17, 15) is 4.39 Å². The topological polar surface area (TPSA) is 12.0 Å². The summed E-state index contributed by atoms with van der Waals surface area (Å²) in [5, 5.41) is 3.46. The van der Waals surface area contributed by atoms with Crippen molar-refractivity contribution < 1.29 is 4.39 Å². The van der Waals surface area contributed by atoms with Crippen LogP contribution in [-0.4, -0.2) is 0 Å². The Labute approximate surface area is 114 Å². The summed E-state index contributed by atoms with van der Waals surface area (Å²) in [4.78, 5) is 0. The number of hydrogen-bond donors (Lipinski definition) is 1. The van der Waals surface area contributed by atoms with Crippen LogP contribution in [-0.2, 0) is 6.54 Å². The summed E-state index contributed by atoms with van der Waals surface area (Å²) in [6, 6.07) is 13.2. The lowest BCUT2D eigenvalue weighted by Gasteiger charge is -2.17. The van der Waals surface area contributed by atoms with Crippen molar-refractivity contribution in [2.75, 3.05) is 0 Å². The van der Waals surface area contributed by atoms with Gasteiger partial charge < -0.3 is 5.32 Å². The minimum atomic E-state index is -0.182. The molecule has 2 aromatic rings. The van der Waals surface area contributed by atoms with E-state index in [2.05, 4.69) is 44.3 Å². The molecule has 0 aromatic heterocycles. The summed E-state index contributed by atoms with van der Waals surface area (Å²) in [5.74, 6) is -0.182. The first kappa shape index (κ1) is 13.8. The Hall–Kier alpha value is -1.67. The van der Waals surface area contributed by atoms with Crippen LogP contribution in [0, 0.1) is 19.7 Å². The molecular formula is C17H20FN. The Morgan fingerprint density at radius 1 is 1.05 bits per heavy atom. The third-order valence-electron chi connectivity index (χ3n) is 3.58. The summed E-state index contributed by atoms with van der Waals surface area (Å²) in [6.45, 7) is 7.10. The maximum absolute atomic E-state index is 13.2. The molecule has 0 saturated heterocycles. The maximum Gasteiger partial charge on any atom is 0.123 e. The fourth-order valence-corrected chi connectivity index (χ4v) is 2.28. The first-order valence-electron chi connectivity index (χ1n) is 6.62. The zero-order chi connectivity index (χ0) is 13.8. The molecule has 0 amide bonds. The smallest absolute Gasteiger partial charge is 0.123 e. The SMILES string of the molecule is Cc1cccc(C)c1CN[C@@H](C)c1cccc(F)c1. The van der Waals surface area contributed by atoms with E-state index in [0.717, 1.165) is 12.1 Å². The normalized spacial score (nSPS) is 12.4. The van der Waals surface area contributed by atoms with Gasteiger partial charge >= 0.3 is 0 Å². The van der Waals surface area contributed by atoms with Crippen LogP contribution in [0.5, 0.6) is 0 Å². The van der Waals surface area contributed by atoms with E-state index in [4.69, 9.17) is 0 Å². The van der Waals surface area contributed by atoms with Crippen molar-refractivity contribution >= 4 is 0 Å². The van der Waals surface area contributed by atoms with Gasteiger partial charge in [0.25, 0.3) is 0 Å². The third kappa shape index (κ3) is 3.42. The van der Waals surface area contributed by atoms with Crippen LogP contribution in [0.3, 0.4) is 0 Å². The molecule has 100 valence electrons. The van der Waals surface area contributed by atoms with E-state index >= 15 is 0 Å². The standard InChI is InChI=1S/C17H20FN/c1-12-6-4-7-13(2)17(12)11-19-14(3)15-8-5-9-16(18)10-15/h4-10,14,19H,11H2,1-3H3/t14-/m0/s1. The van der Waals surface area contributed by atoms with Crippen LogP contribution in [0.2, 0.25) is 0 Å². The predicted molar refractivity (Wildman–Crippen MR) is 77.6 cm³/mol. The number of nitrogens with one attached hydrogen (secondary N) is 1. The number of hydrogen-bond acceptors (Lipinski definition) is 1. The lowest BCUT2D eigenvalue weighted by Crippen LogP contribution is -2.19. The Kier molecular flexibility index (Phi) is 4.33. The van der Waals surface area contributed by atoms with Crippen molar-refractivity contribution in [2.45, 2.75) is 33.4 Å². The average Bonchev–Trinajstić information content (AvgIpc) is 2.38. The molecule has 0 bridgehead atoms. The minimum absolute atomic E-state index is 0.134. The largest absolute Gasteiger partial charge is 0.306 e. The summed E-state index contributed by atoms with van der Waals surface area (Å²) >= 11 is 0. The quantitative estimate of drug-likeness (QED) is 0.861. The van der Waals surface area contributed by atoms with E-state index < -0.39 is 0 Å². The highest BCUT2D eigenvalue weighted by atomic mass is 19.1. The molecule has 0 radical (unpaired) electrons. The molecule has 2 rings (SSSR count). The van der Waals surface area contributed by atoms with Crippen molar-refractivity contribution in [1.29, 1.82) is 0 Å². The molecule has 2 aromatic carbocycles. The molecule has 2 heteroatoms. The van der Waals surface area contributed by atoms with Crippen molar-refractivity contribution in [3.05, 3.63) is 70.5 Å². The second-order valence-electron chi connectivity index (χ2n) is 5.03. The first-order valence-corrected chi connectivity index (χ1v) is 6.62. The number of halogens is 1. The van der Waals surface area contributed by atoms with Crippen LogP contribution < -0.4 is 5.32 Å². The molecule has 0 spiro atoms. The highest BCUT2D eigenvalue weighted by Gasteiger charge is 2.07. The molecule has 0 aliphatic carbocycles. The van der Waals surface area contributed by atoms with Gasteiger partial charge in [0.15, 0.2) is 0 Å². The van der Waals surface area contributed by atoms with Crippen LogP contribution in [0.25, 0.3) is 0 Å². The fourth-order valence-electron chi connectivity index (χ4n) is 2.28. The highest BCUT2D eigenvalue weighted by molar-refractivity contribution is 5.33. The second kappa shape index (κ2) is 5.98. The van der Waals surface area contributed by atoms with E-state index in [1.54, 1.807) is 12.1 Å². The van der Waals surface area contributed by atoms with Crippen LogP contribution in [0.1, 0.15) is 35.2 Å². The Bertz CT molecular complexity index is 543. The zero-order valence-corrected chi connectivity index (χ0v) is 11.7. The van der Waals surface area contributed by atoms with E-state index in [-0.39, 0.29) is 11.9 Å².